The second kappa shape index (κ2) is 6.45. The van der Waals surface area contributed by atoms with Gasteiger partial charge in [-0.1, -0.05) is 13.0 Å². The first-order chi connectivity index (χ1) is 12.5. The molecule has 0 amide bonds. The largest absolute Gasteiger partial charge is 0.416 e. The Labute approximate surface area is 152 Å². The summed E-state index contributed by atoms with van der Waals surface area (Å²) in [5, 5.41) is 3.87. The summed E-state index contributed by atoms with van der Waals surface area (Å²) in [5.41, 5.74) is -1.32. The number of nitrogens with zero attached hydrogens (tertiary/aromatic N) is 3. The average molecular weight is 397 g/mol. The number of aromatic nitrogens is 3. The SMILES string of the molecule is CCS(=O)(=O)c1cc(C)cnc1-n1ncc2ccc(C(F)(F)F)cc2c1=O. The number of hydrogen-bond acceptors (Lipinski definition) is 5. The Morgan fingerprint density at radius 2 is 1.85 bits per heavy atom. The zero-order valence-electron chi connectivity index (χ0n) is 14.3. The van der Waals surface area contributed by atoms with Crippen LogP contribution in [0.4, 0.5) is 13.2 Å². The second-order valence-electron chi connectivity index (χ2n) is 5.90. The number of halogens is 3. The van der Waals surface area contributed by atoms with Crippen LogP contribution in [0.2, 0.25) is 0 Å². The summed E-state index contributed by atoms with van der Waals surface area (Å²) in [6, 6.07) is 4.07. The Kier molecular flexibility index (Phi) is 4.54. The van der Waals surface area contributed by atoms with Gasteiger partial charge < -0.3 is 0 Å². The van der Waals surface area contributed by atoms with Crippen LogP contribution in [-0.4, -0.2) is 28.9 Å². The lowest BCUT2D eigenvalue weighted by molar-refractivity contribution is -0.137. The van der Waals surface area contributed by atoms with E-state index < -0.39 is 27.1 Å². The molecule has 142 valence electrons. The predicted molar refractivity (Wildman–Crippen MR) is 92.6 cm³/mol. The molecule has 6 nitrogen and oxygen atoms in total. The van der Waals surface area contributed by atoms with Gasteiger partial charge in [0.25, 0.3) is 5.56 Å². The summed E-state index contributed by atoms with van der Waals surface area (Å²) in [4.78, 5) is 16.6. The Hall–Kier alpha value is -2.75. The molecule has 0 aliphatic carbocycles. The van der Waals surface area contributed by atoms with Crippen LogP contribution in [0, 0.1) is 6.92 Å². The third-order valence-corrected chi connectivity index (χ3v) is 5.73. The van der Waals surface area contributed by atoms with E-state index in [0.29, 0.717) is 10.2 Å². The van der Waals surface area contributed by atoms with Crippen molar-refractivity contribution in [1.29, 1.82) is 0 Å². The maximum atomic E-state index is 13.0. The van der Waals surface area contributed by atoms with Crippen molar-refractivity contribution in [2.24, 2.45) is 0 Å². The van der Waals surface area contributed by atoms with E-state index in [1.165, 1.54) is 25.4 Å². The molecule has 0 unspecified atom stereocenters. The third-order valence-electron chi connectivity index (χ3n) is 4.00. The van der Waals surface area contributed by atoms with E-state index in [4.69, 9.17) is 0 Å². The highest BCUT2D eigenvalue weighted by Crippen LogP contribution is 2.30. The van der Waals surface area contributed by atoms with Gasteiger partial charge in [-0.3, -0.25) is 4.79 Å². The lowest BCUT2D eigenvalue weighted by Crippen LogP contribution is -2.25. The van der Waals surface area contributed by atoms with E-state index in [1.54, 1.807) is 6.92 Å². The van der Waals surface area contributed by atoms with Gasteiger partial charge in [0.1, 0.15) is 4.90 Å². The Morgan fingerprint density at radius 1 is 1.15 bits per heavy atom. The Morgan fingerprint density at radius 3 is 2.48 bits per heavy atom. The van der Waals surface area contributed by atoms with Crippen molar-refractivity contribution in [2.75, 3.05) is 5.75 Å². The first kappa shape index (κ1) is 19.0. The number of fused-ring (bicyclic) bond motifs is 1. The van der Waals surface area contributed by atoms with E-state index in [-0.39, 0.29) is 27.2 Å². The first-order valence-corrected chi connectivity index (χ1v) is 9.49. The smallest absolute Gasteiger partial charge is 0.267 e. The van der Waals surface area contributed by atoms with Crippen molar-refractivity contribution in [3.05, 3.63) is 58.1 Å². The summed E-state index contributed by atoms with van der Waals surface area (Å²) >= 11 is 0. The van der Waals surface area contributed by atoms with E-state index in [9.17, 15) is 26.4 Å². The molecular formula is C17H14F3N3O3S. The fraction of sp³-hybridized carbons (Fsp3) is 0.235. The number of aryl methyl sites for hydroxylation is 1. The monoisotopic (exact) mass is 397 g/mol. The van der Waals surface area contributed by atoms with Crippen LogP contribution in [0.1, 0.15) is 18.1 Å². The summed E-state index contributed by atoms with van der Waals surface area (Å²) in [6.45, 7) is 3.07. The number of rotatable bonds is 3. The summed E-state index contributed by atoms with van der Waals surface area (Å²) in [6.07, 6.45) is -2.07. The van der Waals surface area contributed by atoms with Gasteiger partial charge in [-0.25, -0.2) is 13.4 Å². The molecule has 0 bridgehead atoms. The van der Waals surface area contributed by atoms with E-state index in [0.717, 1.165) is 18.2 Å². The summed E-state index contributed by atoms with van der Waals surface area (Å²) in [7, 11) is -3.74. The maximum Gasteiger partial charge on any atom is 0.416 e. The van der Waals surface area contributed by atoms with Gasteiger partial charge in [0.2, 0.25) is 0 Å². The molecule has 27 heavy (non-hydrogen) atoms. The molecule has 0 atom stereocenters. The fourth-order valence-electron chi connectivity index (χ4n) is 2.55. The van der Waals surface area contributed by atoms with Crippen molar-refractivity contribution >= 4 is 20.6 Å². The lowest BCUT2D eigenvalue weighted by Gasteiger charge is -2.12. The van der Waals surface area contributed by atoms with E-state index >= 15 is 0 Å². The lowest BCUT2D eigenvalue weighted by atomic mass is 10.1. The van der Waals surface area contributed by atoms with Crippen molar-refractivity contribution in [3.8, 4) is 5.82 Å². The van der Waals surface area contributed by atoms with Crippen LogP contribution in [0.5, 0.6) is 0 Å². The molecule has 0 spiro atoms. The Bertz CT molecular complexity index is 1200. The zero-order valence-corrected chi connectivity index (χ0v) is 15.1. The van der Waals surface area contributed by atoms with Crippen LogP contribution in [0.15, 0.2) is 46.3 Å². The number of hydrogen-bond donors (Lipinski definition) is 0. The molecule has 0 saturated heterocycles. The highest BCUT2D eigenvalue weighted by atomic mass is 32.2. The molecule has 3 aromatic rings. The maximum absolute atomic E-state index is 13.0. The van der Waals surface area contributed by atoms with E-state index in [1.807, 2.05) is 0 Å². The van der Waals surface area contributed by atoms with Gasteiger partial charge in [0, 0.05) is 11.6 Å². The van der Waals surface area contributed by atoms with Gasteiger partial charge in [-0.05, 0) is 30.7 Å². The molecular weight excluding hydrogens is 383 g/mol. The van der Waals surface area contributed by atoms with Crippen molar-refractivity contribution in [3.63, 3.8) is 0 Å². The number of sulfone groups is 1. The van der Waals surface area contributed by atoms with Crippen LogP contribution >= 0.6 is 0 Å². The average Bonchev–Trinajstić information content (AvgIpc) is 2.61. The highest BCUT2D eigenvalue weighted by Gasteiger charge is 2.31. The van der Waals surface area contributed by atoms with Gasteiger partial charge in [-0.15, -0.1) is 0 Å². The van der Waals surface area contributed by atoms with E-state index in [2.05, 4.69) is 10.1 Å². The minimum absolute atomic E-state index is 0.203. The highest BCUT2D eigenvalue weighted by molar-refractivity contribution is 7.91. The molecule has 2 aromatic heterocycles. The number of alkyl halides is 3. The van der Waals surface area contributed by atoms with Crippen LogP contribution in [0.25, 0.3) is 16.6 Å². The molecule has 0 aliphatic rings. The fourth-order valence-corrected chi connectivity index (χ4v) is 3.64. The number of pyridine rings is 1. The molecule has 10 heteroatoms. The second-order valence-corrected chi connectivity index (χ2v) is 8.15. The standard InChI is InChI=1S/C17H14F3N3O3S/c1-3-27(25,26)14-6-10(2)8-21-15(14)23-16(24)13-7-12(17(18,19)20)5-4-11(13)9-22-23/h4-9H,3H2,1-2H3. The summed E-state index contributed by atoms with van der Waals surface area (Å²) in [5.74, 6) is -0.474. The normalized spacial score (nSPS) is 12.5. The van der Waals surface area contributed by atoms with Crippen molar-refractivity contribution in [1.82, 2.24) is 14.8 Å². The van der Waals surface area contributed by atoms with Crippen molar-refractivity contribution in [2.45, 2.75) is 24.9 Å². The first-order valence-electron chi connectivity index (χ1n) is 7.83. The predicted octanol–water partition coefficient (Wildman–Crippen LogP) is 2.90. The summed E-state index contributed by atoms with van der Waals surface area (Å²) < 4.78 is 64.4. The Balaban J connectivity index is 2.34. The third kappa shape index (κ3) is 3.44. The van der Waals surface area contributed by atoms with Crippen molar-refractivity contribution < 1.29 is 21.6 Å². The molecule has 0 fully saturated rings. The number of benzene rings is 1. The molecule has 0 N–H and O–H groups in total. The molecule has 1 aromatic carbocycles. The topological polar surface area (TPSA) is 81.9 Å². The van der Waals surface area contributed by atoms with Gasteiger partial charge in [-0.2, -0.15) is 23.0 Å². The minimum Gasteiger partial charge on any atom is -0.267 e. The van der Waals surface area contributed by atoms with Crippen LogP contribution in [-0.2, 0) is 16.0 Å². The van der Waals surface area contributed by atoms with Crippen LogP contribution < -0.4 is 5.56 Å². The van der Waals surface area contributed by atoms with Gasteiger partial charge in [0.15, 0.2) is 15.7 Å². The van der Waals surface area contributed by atoms with Crippen LogP contribution in [0.3, 0.4) is 0 Å². The quantitative estimate of drug-likeness (QED) is 0.679. The molecule has 0 aliphatic heterocycles. The van der Waals surface area contributed by atoms with Gasteiger partial charge in [0.05, 0.1) is 22.9 Å². The zero-order chi connectivity index (χ0) is 20.0. The minimum atomic E-state index is -4.62. The molecule has 0 saturated carbocycles. The molecule has 0 radical (unpaired) electrons. The molecule has 3 rings (SSSR count). The van der Waals surface area contributed by atoms with Gasteiger partial charge >= 0.3 is 6.18 Å². The molecule has 2 heterocycles.